The van der Waals surface area contributed by atoms with E-state index in [1.54, 1.807) is 4.90 Å². The van der Waals surface area contributed by atoms with E-state index in [0.29, 0.717) is 25.5 Å². The van der Waals surface area contributed by atoms with Crippen molar-refractivity contribution in [2.45, 2.75) is 13.8 Å². The minimum Gasteiger partial charge on any atom is -0.450 e. The van der Waals surface area contributed by atoms with E-state index in [0.717, 1.165) is 23.7 Å². The molecule has 0 atom stereocenters. The smallest absolute Gasteiger partial charge is 0.409 e. The van der Waals surface area contributed by atoms with E-state index in [4.69, 9.17) is 10.5 Å². The first-order valence-electron chi connectivity index (χ1n) is 6.02. The third kappa shape index (κ3) is 2.50. The number of amides is 1. The first-order valence-corrected chi connectivity index (χ1v) is 6.79. The van der Waals surface area contributed by atoms with Gasteiger partial charge in [0, 0.05) is 31.7 Å². The van der Waals surface area contributed by atoms with Crippen molar-refractivity contribution >= 4 is 28.4 Å². The molecule has 0 aromatic carbocycles. The third-order valence-electron chi connectivity index (χ3n) is 3.03. The number of hydrogen-bond donors (Lipinski definition) is 1. The predicted octanol–water partition coefficient (Wildman–Crippen LogP) is 1.31. The molecule has 1 aromatic rings. The van der Waals surface area contributed by atoms with Crippen LogP contribution in [0.2, 0.25) is 0 Å². The van der Waals surface area contributed by atoms with E-state index in [2.05, 4.69) is 9.27 Å². The molecular formula is C11H18N4O2S. The maximum atomic E-state index is 11.6. The van der Waals surface area contributed by atoms with Gasteiger partial charge in [-0.2, -0.15) is 4.37 Å². The zero-order chi connectivity index (χ0) is 13.1. The number of piperazine rings is 1. The summed E-state index contributed by atoms with van der Waals surface area (Å²) >= 11 is 1.42. The topological polar surface area (TPSA) is 71.7 Å². The molecule has 6 nitrogen and oxygen atoms in total. The van der Waals surface area contributed by atoms with Gasteiger partial charge < -0.3 is 20.3 Å². The largest absolute Gasteiger partial charge is 0.450 e. The van der Waals surface area contributed by atoms with Crippen molar-refractivity contribution in [3.8, 4) is 0 Å². The van der Waals surface area contributed by atoms with Crippen LogP contribution in [0.5, 0.6) is 0 Å². The molecule has 1 saturated heterocycles. The molecule has 0 bridgehead atoms. The number of ether oxygens (including phenoxy) is 1. The number of nitrogens with two attached hydrogens (primary N) is 1. The number of rotatable bonds is 2. The van der Waals surface area contributed by atoms with E-state index in [1.807, 2.05) is 13.8 Å². The van der Waals surface area contributed by atoms with Crippen molar-refractivity contribution in [1.29, 1.82) is 0 Å². The van der Waals surface area contributed by atoms with E-state index in [1.165, 1.54) is 11.5 Å². The summed E-state index contributed by atoms with van der Waals surface area (Å²) in [5.74, 6) is 0.600. The van der Waals surface area contributed by atoms with Crippen LogP contribution >= 0.6 is 11.5 Å². The van der Waals surface area contributed by atoms with Crippen molar-refractivity contribution in [3.05, 3.63) is 5.56 Å². The Kier molecular flexibility index (Phi) is 3.90. The van der Waals surface area contributed by atoms with E-state index < -0.39 is 0 Å². The van der Waals surface area contributed by atoms with Gasteiger partial charge in [-0.05, 0) is 25.4 Å². The number of aromatic nitrogens is 1. The highest BCUT2D eigenvalue weighted by atomic mass is 32.1. The third-order valence-corrected chi connectivity index (χ3v) is 4.05. The maximum Gasteiger partial charge on any atom is 0.409 e. The van der Waals surface area contributed by atoms with Crippen LogP contribution in [0.1, 0.15) is 12.5 Å². The van der Waals surface area contributed by atoms with Crippen molar-refractivity contribution < 1.29 is 9.53 Å². The summed E-state index contributed by atoms with van der Waals surface area (Å²) in [7, 11) is 0. The van der Waals surface area contributed by atoms with Gasteiger partial charge in [-0.1, -0.05) is 0 Å². The number of anilines is 2. The molecule has 0 spiro atoms. The van der Waals surface area contributed by atoms with Gasteiger partial charge in [-0.3, -0.25) is 0 Å². The molecule has 1 fully saturated rings. The molecule has 0 unspecified atom stereocenters. The van der Waals surface area contributed by atoms with Gasteiger partial charge in [0.1, 0.15) is 10.8 Å². The Morgan fingerprint density at radius 3 is 2.61 bits per heavy atom. The molecule has 0 aliphatic carbocycles. The molecule has 18 heavy (non-hydrogen) atoms. The van der Waals surface area contributed by atoms with Crippen molar-refractivity contribution in [2.24, 2.45) is 0 Å². The van der Waals surface area contributed by atoms with Gasteiger partial charge in [0.25, 0.3) is 0 Å². The summed E-state index contributed by atoms with van der Waals surface area (Å²) in [5.41, 5.74) is 6.78. The second-order valence-electron chi connectivity index (χ2n) is 4.17. The van der Waals surface area contributed by atoms with Gasteiger partial charge >= 0.3 is 6.09 Å². The van der Waals surface area contributed by atoms with E-state index in [-0.39, 0.29) is 6.09 Å². The fraction of sp³-hybridized carbons (Fsp3) is 0.636. The molecule has 100 valence electrons. The van der Waals surface area contributed by atoms with Crippen LogP contribution in [-0.4, -0.2) is 48.2 Å². The highest BCUT2D eigenvalue weighted by Gasteiger charge is 2.24. The second-order valence-corrected chi connectivity index (χ2v) is 4.92. The first-order chi connectivity index (χ1) is 8.63. The number of nitrogen functional groups attached to an aromatic ring is 1. The lowest BCUT2D eigenvalue weighted by molar-refractivity contribution is 0.105. The van der Waals surface area contributed by atoms with Gasteiger partial charge in [0.15, 0.2) is 0 Å². The fourth-order valence-corrected chi connectivity index (χ4v) is 2.80. The Morgan fingerprint density at radius 2 is 2.11 bits per heavy atom. The normalized spacial score (nSPS) is 15.9. The Morgan fingerprint density at radius 1 is 1.44 bits per heavy atom. The average Bonchev–Trinajstić information content (AvgIpc) is 2.71. The zero-order valence-corrected chi connectivity index (χ0v) is 11.5. The van der Waals surface area contributed by atoms with Crippen LogP contribution in [0.3, 0.4) is 0 Å². The van der Waals surface area contributed by atoms with Crippen LogP contribution in [0.4, 0.5) is 15.6 Å². The van der Waals surface area contributed by atoms with Crippen LogP contribution in [0.15, 0.2) is 0 Å². The van der Waals surface area contributed by atoms with Gasteiger partial charge in [-0.15, -0.1) is 0 Å². The highest BCUT2D eigenvalue weighted by Crippen LogP contribution is 2.30. The lowest BCUT2D eigenvalue weighted by Gasteiger charge is -2.34. The minimum atomic E-state index is -0.224. The molecule has 2 rings (SSSR count). The van der Waals surface area contributed by atoms with Gasteiger partial charge in [0.2, 0.25) is 0 Å². The second kappa shape index (κ2) is 5.43. The van der Waals surface area contributed by atoms with Crippen LogP contribution in [0, 0.1) is 6.92 Å². The Hall–Kier alpha value is -1.50. The lowest BCUT2D eigenvalue weighted by Crippen LogP contribution is -2.48. The summed E-state index contributed by atoms with van der Waals surface area (Å²) < 4.78 is 9.14. The van der Waals surface area contributed by atoms with E-state index >= 15 is 0 Å². The molecule has 1 aliphatic heterocycles. The van der Waals surface area contributed by atoms with Crippen molar-refractivity contribution in [3.63, 3.8) is 0 Å². The quantitative estimate of drug-likeness (QED) is 0.877. The van der Waals surface area contributed by atoms with Crippen LogP contribution in [-0.2, 0) is 4.74 Å². The summed E-state index contributed by atoms with van der Waals surface area (Å²) in [4.78, 5) is 15.5. The van der Waals surface area contributed by atoms with Gasteiger partial charge in [0.05, 0.1) is 6.61 Å². The molecule has 2 heterocycles. The molecule has 0 radical (unpaired) electrons. The summed E-state index contributed by atoms with van der Waals surface area (Å²) in [6, 6.07) is 0. The van der Waals surface area contributed by atoms with E-state index in [9.17, 15) is 4.79 Å². The predicted molar refractivity (Wildman–Crippen MR) is 72.1 cm³/mol. The first kappa shape index (κ1) is 12.9. The molecular weight excluding hydrogens is 252 g/mol. The number of nitrogens with zero attached hydrogens (tertiary/aromatic N) is 3. The van der Waals surface area contributed by atoms with Crippen molar-refractivity contribution in [2.75, 3.05) is 43.4 Å². The highest BCUT2D eigenvalue weighted by molar-refractivity contribution is 7.10. The van der Waals surface area contributed by atoms with Crippen LogP contribution in [0.25, 0.3) is 0 Å². The maximum absolute atomic E-state index is 11.6. The number of carbonyl (C=O) groups is 1. The van der Waals surface area contributed by atoms with Gasteiger partial charge in [-0.25, -0.2) is 4.79 Å². The molecule has 1 amide bonds. The molecule has 2 N–H and O–H groups in total. The van der Waals surface area contributed by atoms with Crippen molar-refractivity contribution in [1.82, 2.24) is 9.27 Å². The van der Waals surface area contributed by atoms with Crippen LogP contribution < -0.4 is 10.6 Å². The standard InChI is InChI=1S/C11H18N4O2S/c1-3-17-11(16)15-6-4-14(5-7-15)10-8(2)9(12)13-18-10/h3-7H2,1-2H3,(H2,12,13). The Balaban J connectivity index is 1.94. The minimum absolute atomic E-state index is 0.224. The summed E-state index contributed by atoms with van der Waals surface area (Å²) in [5, 5.41) is 1.11. The zero-order valence-electron chi connectivity index (χ0n) is 10.7. The number of hydrogen-bond acceptors (Lipinski definition) is 6. The Labute approximate surface area is 110 Å². The average molecular weight is 270 g/mol. The molecule has 7 heteroatoms. The molecule has 1 aliphatic rings. The monoisotopic (exact) mass is 270 g/mol. The Bertz CT molecular complexity index is 427. The molecule has 0 saturated carbocycles. The summed E-state index contributed by atoms with van der Waals surface area (Å²) in [6.07, 6.45) is -0.224. The fourth-order valence-electron chi connectivity index (χ4n) is 1.94. The molecule has 1 aromatic heterocycles. The SMILES string of the molecule is CCOC(=O)N1CCN(c2snc(N)c2C)CC1. The summed E-state index contributed by atoms with van der Waals surface area (Å²) in [6.45, 7) is 7.15. The number of carbonyl (C=O) groups excluding carboxylic acids is 1. The lowest BCUT2D eigenvalue weighted by atomic mass is 10.3.